The molecule has 0 aromatic heterocycles. The molecule has 0 aliphatic carbocycles. The maximum absolute atomic E-state index is 12.3. The molecule has 0 spiro atoms. The van der Waals surface area contributed by atoms with Gasteiger partial charge in [0.05, 0.1) is 16.7 Å². The van der Waals surface area contributed by atoms with Gasteiger partial charge in [0.2, 0.25) is 10.0 Å². The first kappa shape index (κ1) is 16.0. The summed E-state index contributed by atoms with van der Waals surface area (Å²) in [4.78, 5) is -0.0580. The molecule has 0 unspecified atom stereocenters. The predicted octanol–water partition coefficient (Wildman–Crippen LogP) is 3.07. The van der Waals surface area contributed by atoms with Gasteiger partial charge in [-0.05, 0) is 38.5 Å². The van der Waals surface area contributed by atoms with E-state index in [9.17, 15) is 8.42 Å². The van der Waals surface area contributed by atoms with Crippen molar-refractivity contribution in [2.45, 2.75) is 44.0 Å². The molecule has 0 atom stereocenters. The number of sulfonamides is 1. The summed E-state index contributed by atoms with van der Waals surface area (Å²) in [7, 11) is -3.74. The van der Waals surface area contributed by atoms with Crippen LogP contribution in [-0.2, 0) is 10.0 Å². The van der Waals surface area contributed by atoms with Crippen LogP contribution in [-0.4, -0.2) is 14.0 Å². The van der Waals surface area contributed by atoms with Gasteiger partial charge >= 0.3 is 0 Å². The lowest BCUT2D eigenvalue weighted by molar-refractivity contribution is 0.418. The standard InChI is InChI=1S/C13H17ClN2O2S/c1-4-7-13(2,3)16-19(17,18)12-8-10(9-15)5-6-11(12)14/h5-6,8,16H,4,7H2,1-3H3. The van der Waals surface area contributed by atoms with Gasteiger partial charge in [0.15, 0.2) is 0 Å². The molecule has 0 radical (unpaired) electrons. The lowest BCUT2D eigenvalue weighted by Gasteiger charge is -2.25. The normalized spacial score (nSPS) is 12.2. The third kappa shape index (κ3) is 4.20. The van der Waals surface area contributed by atoms with Crippen LogP contribution in [0.1, 0.15) is 39.2 Å². The SMILES string of the molecule is CCCC(C)(C)NS(=O)(=O)c1cc(C#N)ccc1Cl. The molecule has 0 aliphatic heterocycles. The number of nitrogens with one attached hydrogen (secondary N) is 1. The fourth-order valence-electron chi connectivity index (χ4n) is 1.87. The zero-order chi connectivity index (χ0) is 14.7. The second kappa shape index (κ2) is 5.91. The predicted molar refractivity (Wildman–Crippen MR) is 75.5 cm³/mol. The van der Waals surface area contributed by atoms with Crippen LogP contribution in [0, 0.1) is 11.3 Å². The highest BCUT2D eigenvalue weighted by Gasteiger charge is 2.27. The van der Waals surface area contributed by atoms with E-state index >= 15 is 0 Å². The van der Waals surface area contributed by atoms with Crippen LogP contribution < -0.4 is 4.72 Å². The first-order valence-corrected chi connectivity index (χ1v) is 7.81. The van der Waals surface area contributed by atoms with Crippen LogP contribution in [0.5, 0.6) is 0 Å². The molecule has 1 N–H and O–H groups in total. The monoisotopic (exact) mass is 300 g/mol. The Labute approximate surface area is 119 Å². The molecule has 0 bridgehead atoms. The smallest absolute Gasteiger partial charge is 0.207 e. The Morgan fingerprint density at radius 1 is 1.42 bits per heavy atom. The zero-order valence-corrected chi connectivity index (χ0v) is 12.8. The maximum atomic E-state index is 12.3. The summed E-state index contributed by atoms with van der Waals surface area (Å²) >= 11 is 5.92. The highest BCUT2D eigenvalue weighted by Crippen LogP contribution is 2.24. The zero-order valence-electron chi connectivity index (χ0n) is 11.2. The molecule has 0 amide bonds. The van der Waals surface area contributed by atoms with Gasteiger partial charge < -0.3 is 0 Å². The van der Waals surface area contributed by atoms with Gasteiger partial charge in [-0.3, -0.25) is 0 Å². The number of halogens is 1. The van der Waals surface area contributed by atoms with E-state index in [0.717, 1.165) is 6.42 Å². The Morgan fingerprint density at radius 3 is 2.58 bits per heavy atom. The lowest BCUT2D eigenvalue weighted by Crippen LogP contribution is -2.43. The van der Waals surface area contributed by atoms with Gasteiger partial charge in [-0.25, -0.2) is 13.1 Å². The molecular formula is C13H17ClN2O2S. The highest BCUT2D eigenvalue weighted by molar-refractivity contribution is 7.89. The Balaban J connectivity index is 3.18. The van der Waals surface area contributed by atoms with Crippen molar-refractivity contribution in [1.82, 2.24) is 4.72 Å². The molecule has 4 nitrogen and oxygen atoms in total. The van der Waals surface area contributed by atoms with E-state index < -0.39 is 15.6 Å². The van der Waals surface area contributed by atoms with E-state index in [1.54, 1.807) is 0 Å². The molecule has 1 rings (SSSR count). The quantitative estimate of drug-likeness (QED) is 0.908. The lowest BCUT2D eigenvalue weighted by atomic mass is 10.0. The van der Waals surface area contributed by atoms with Crippen molar-refractivity contribution in [3.8, 4) is 6.07 Å². The average Bonchev–Trinajstić information content (AvgIpc) is 2.27. The van der Waals surface area contributed by atoms with E-state index in [1.807, 2.05) is 26.8 Å². The Kier molecular flexibility index (Phi) is 4.97. The fourth-order valence-corrected chi connectivity index (χ4v) is 3.84. The van der Waals surface area contributed by atoms with E-state index in [-0.39, 0.29) is 15.5 Å². The molecule has 1 aromatic carbocycles. The van der Waals surface area contributed by atoms with Crippen molar-refractivity contribution in [2.75, 3.05) is 0 Å². The number of hydrogen-bond donors (Lipinski definition) is 1. The van der Waals surface area contributed by atoms with Crippen molar-refractivity contribution in [3.63, 3.8) is 0 Å². The first-order valence-electron chi connectivity index (χ1n) is 5.95. The molecule has 0 saturated carbocycles. The minimum absolute atomic E-state index is 0.0580. The highest BCUT2D eigenvalue weighted by atomic mass is 35.5. The Bertz CT molecular complexity index is 604. The maximum Gasteiger partial charge on any atom is 0.242 e. The van der Waals surface area contributed by atoms with E-state index in [1.165, 1.54) is 18.2 Å². The van der Waals surface area contributed by atoms with Crippen molar-refractivity contribution in [1.29, 1.82) is 5.26 Å². The van der Waals surface area contributed by atoms with E-state index in [0.29, 0.717) is 6.42 Å². The van der Waals surface area contributed by atoms with Gasteiger partial charge in [-0.15, -0.1) is 0 Å². The number of nitrogens with zero attached hydrogens (tertiary/aromatic N) is 1. The number of hydrogen-bond acceptors (Lipinski definition) is 3. The summed E-state index contributed by atoms with van der Waals surface area (Å²) < 4.78 is 27.2. The van der Waals surface area contributed by atoms with Gasteiger partial charge in [0.25, 0.3) is 0 Å². The molecule has 6 heteroatoms. The summed E-state index contributed by atoms with van der Waals surface area (Å²) in [6.45, 7) is 5.62. The first-order chi connectivity index (χ1) is 8.72. The van der Waals surface area contributed by atoms with Crippen LogP contribution in [0.25, 0.3) is 0 Å². The minimum Gasteiger partial charge on any atom is -0.207 e. The van der Waals surface area contributed by atoms with Crippen LogP contribution in [0.3, 0.4) is 0 Å². The van der Waals surface area contributed by atoms with Crippen LogP contribution in [0.2, 0.25) is 5.02 Å². The Morgan fingerprint density at radius 2 is 2.05 bits per heavy atom. The van der Waals surface area contributed by atoms with Gasteiger partial charge in [0.1, 0.15) is 4.90 Å². The third-order valence-corrected chi connectivity index (χ3v) is 4.82. The van der Waals surface area contributed by atoms with E-state index in [2.05, 4.69) is 4.72 Å². The summed E-state index contributed by atoms with van der Waals surface area (Å²) in [5.41, 5.74) is -0.294. The van der Waals surface area contributed by atoms with Crippen LogP contribution in [0.4, 0.5) is 0 Å². The summed E-state index contributed by atoms with van der Waals surface area (Å²) in [5, 5.41) is 8.94. The van der Waals surface area contributed by atoms with Crippen molar-refractivity contribution in [3.05, 3.63) is 28.8 Å². The van der Waals surface area contributed by atoms with Crippen molar-refractivity contribution in [2.24, 2.45) is 0 Å². The minimum atomic E-state index is -3.74. The molecule has 0 aliphatic rings. The molecular weight excluding hydrogens is 284 g/mol. The Hall–Kier alpha value is -1.09. The molecule has 104 valence electrons. The van der Waals surface area contributed by atoms with Crippen molar-refractivity contribution < 1.29 is 8.42 Å². The number of rotatable bonds is 5. The molecule has 19 heavy (non-hydrogen) atoms. The summed E-state index contributed by atoms with van der Waals surface area (Å²) in [5.74, 6) is 0. The second-order valence-electron chi connectivity index (χ2n) is 5.00. The fraction of sp³-hybridized carbons (Fsp3) is 0.462. The molecule has 0 saturated heterocycles. The second-order valence-corrected chi connectivity index (χ2v) is 7.05. The van der Waals surface area contributed by atoms with Gasteiger partial charge in [-0.1, -0.05) is 24.9 Å². The summed E-state index contributed by atoms with van der Waals surface area (Å²) in [6.07, 6.45) is 1.57. The largest absolute Gasteiger partial charge is 0.242 e. The van der Waals surface area contributed by atoms with Crippen LogP contribution >= 0.6 is 11.6 Å². The molecule has 0 fully saturated rings. The summed E-state index contributed by atoms with van der Waals surface area (Å²) in [6, 6.07) is 6.09. The van der Waals surface area contributed by atoms with Gasteiger partial charge in [-0.2, -0.15) is 5.26 Å². The number of nitriles is 1. The topological polar surface area (TPSA) is 70.0 Å². The average molecular weight is 301 g/mol. The van der Waals surface area contributed by atoms with Gasteiger partial charge in [0, 0.05) is 5.54 Å². The molecule has 0 heterocycles. The third-order valence-electron chi connectivity index (χ3n) is 2.64. The molecule has 1 aromatic rings. The number of benzene rings is 1. The van der Waals surface area contributed by atoms with E-state index in [4.69, 9.17) is 16.9 Å². The van der Waals surface area contributed by atoms with Crippen molar-refractivity contribution >= 4 is 21.6 Å². The van der Waals surface area contributed by atoms with Crippen LogP contribution in [0.15, 0.2) is 23.1 Å².